The van der Waals surface area contributed by atoms with Crippen LogP contribution in [0.15, 0.2) is 24.3 Å². The van der Waals surface area contributed by atoms with Crippen LogP contribution in [0, 0.1) is 0 Å². The molecule has 0 radical (unpaired) electrons. The summed E-state index contributed by atoms with van der Waals surface area (Å²) in [5, 5.41) is 0. The molecule has 1 fully saturated rings. The van der Waals surface area contributed by atoms with Gasteiger partial charge in [0.15, 0.2) is 0 Å². The third-order valence-corrected chi connectivity index (χ3v) is 4.40. The van der Waals surface area contributed by atoms with Gasteiger partial charge in [-0.05, 0) is 50.2 Å². The van der Waals surface area contributed by atoms with E-state index < -0.39 is 0 Å². The van der Waals surface area contributed by atoms with Gasteiger partial charge in [0.25, 0.3) is 5.91 Å². The van der Waals surface area contributed by atoms with Gasteiger partial charge in [-0.1, -0.05) is 25.1 Å². The second-order valence-corrected chi connectivity index (χ2v) is 5.79. The average Bonchev–Trinajstić information content (AvgIpc) is 2.55. The number of benzene rings is 1. The minimum absolute atomic E-state index is 0.217. The molecule has 1 aliphatic heterocycles. The van der Waals surface area contributed by atoms with Gasteiger partial charge < -0.3 is 9.64 Å². The van der Waals surface area contributed by atoms with Gasteiger partial charge in [0, 0.05) is 31.9 Å². The molecule has 0 bridgehead atoms. The summed E-state index contributed by atoms with van der Waals surface area (Å²) in [6.45, 7) is 3.79. The van der Waals surface area contributed by atoms with E-state index in [-0.39, 0.29) is 5.91 Å². The predicted molar refractivity (Wildman–Crippen MR) is 85.6 cm³/mol. The second-order valence-electron chi connectivity index (χ2n) is 5.79. The van der Waals surface area contributed by atoms with E-state index in [1.807, 2.05) is 18.2 Å². The summed E-state index contributed by atoms with van der Waals surface area (Å²) >= 11 is 0. The van der Waals surface area contributed by atoms with E-state index in [1.165, 1.54) is 6.42 Å². The van der Waals surface area contributed by atoms with Crippen molar-refractivity contribution in [1.82, 2.24) is 4.90 Å². The molecule has 116 valence electrons. The highest BCUT2D eigenvalue weighted by atomic mass is 16.5. The summed E-state index contributed by atoms with van der Waals surface area (Å²) in [7, 11) is 1.74. The van der Waals surface area contributed by atoms with E-state index in [0.717, 1.165) is 56.4 Å². The fraction of sp³-hybridized carbons (Fsp3) is 0.611. The van der Waals surface area contributed by atoms with Crippen LogP contribution in [-0.2, 0) is 11.2 Å². The van der Waals surface area contributed by atoms with Crippen LogP contribution in [0.3, 0.4) is 0 Å². The molecule has 2 rings (SSSR count). The van der Waals surface area contributed by atoms with Gasteiger partial charge in [-0.2, -0.15) is 0 Å². The Hall–Kier alpha value is -1.35. The van der Waals surface area contributed by atoms with Crippen molar-refractivity contribution in [1.29, 1.82) is 0 Å². The summed E-state index contributed by atoms with van der Waals surface area (Å²) in [5.41, 5.74) is 2.04. The molecule has 1 aliphatic rings. The summed E-state index contributed by atoms with van der Waals surface area (Å²) in [5.74, 6) is 0.217. The summed E-state index contributed by atoms with van der Waals surface area (Å²) < 4.78 is 5.15. The maximum Gasteiger partial charge on any atom is 0.254 e. The first kappa shape index (κ1) is 16.0. The SMILES string of the molecule is CCc1ccccc1C(=O)N1CCCC[C@H]1CCCOC. The fourth-order valence-electron chi connectivity index (χ4n) is 3.22. The number of piperidine rings is 1. The van der Waals surface area contributed by atoms with Crippen LogP contribution in [0.1, 0.15) is 54.9 Å². The molecule has 3 heteroatoms. The summed E-state index contributed by atoms with van der Waals surface area (Å²) in [4.78, 5) is 15.0. The lowest BCUT2D eigenvalue weighted by molar-refractivity contribution is 0.0584. The number of rotatable bonds is 6. The molecule has 3 nitrogen and oxygen atoms in total. The van der Waals surface area contributed by atoms with Crippen molar-refractivity contribution in [3.05, 3.63) is 35.4 Å². The predicted octanol–water partition coefficient (Wildman–Crippen LogP) is 3.67. The Morgan fingerprint density at radius 1 is 1.33 bits per heavy atom. The largest absolute Gasteiger partial charge is 0.385 e. The van der Waals surface area contributed by atoms with Crippen molar-refractivity contribution in [2.75, 3.05) is 20.3 Å². The number of likely N-dealkylation sites (tertiary alicyclic amines) is 1. The van der Waals surface area contributed by atoms with Crippen molar-refractivity contribution in [2.45, 2.75) is 51.5 Å². The summed E-state index contributed by atoms with van der Waals surface area (Å²) in [6, 6.07) is 8.41. The smallest absolute Gasteiger partial charge is 0.254 e. The first-order valence-electron chi connectivity index (χ1n) is 8.15. The average molecular weight is 289 g/mol. The lowest BCUT2D eigenvalue weighted by Crippen LogP contribution is -2.44. The van der Waals surface area contributed by atoms with E-state index in [2.05, 4.69) is 17.9 Å². The Balaban J connectivity index is 2.10. The first-order valence-corrected chi connectivity index (χ1v) is 8.15. The number of aryl methyl sites for hydroxylation is 1. The van der Waals surface area contributed by atoms with Crippen LogP contribution in [0.5, 0.6) is 0 Å². The van der Waals surface area contributed by atoms with Crippen LogP contribution in [0.25, 0.3) is 0 Å². The van der Waals surface area contributed by atoms with E-state index in [1.54, 1.807) is 7.11 Å². The molecular weight excluding hydrogens is 262 g/mol. The van der Waals surface area contributed by atoms with Crippen molar-refractivity contribution >= 4 is 5.91 Å². The van der Waals surface area contributed by atoms with E-state index in [0.29, 0.717) is 6.04 Å². The van der Waals surface area contributed by atoms with Gasteiger partial charge in [0.1, 0.15) is 0 Å². The number of carbonyl (C=O) groups is 1. The zero-order valence-electron chi connectivity index (χ0n) is 13.3. The molecule has 1 amide bonds. The number of ether oxygens (including phenoxy) is 1. The van der Waals surface area contributed by atoms with Crippen LogP contribution in [0.2, 0.25) is 0 Å². The minimum atomic E-state index is 0.217. The molecular formula is C18H27NO2. The van der Waals surface area contributed by atoms with Crippen LogP contribution in [0.4, 0.5) is 0 Å². The van der Waals surface area contributed by atoms with Gasteiger partial charge in [-0.3, -0.25) is 4.79 Å². The standard InChI is InChI=1S/C18H27NO2/c1-3-15-9-4-5-12-17(15)18(20)19-13-7-6-10-16(19)11-8-14-21-2/h4-5,9,12,16H,3,6-8,10-11,13-14H2,1-2H3/t16-/m0/s1. The molecule has 0 spiro atoms. The van der Waals surface area contributed by atoms with Gasteiger partial charge in [0.2, 0.25) is 0 Å². The number of methoxy groups -OCH3 is 1. The molecule has 1 aromatic rings. The number of nitrogens with zero attached hydrogens (tertiary/aromatic N) is 1. The van der Waals surface area contributed by atoms with Crippen LogP contribution in [-0.4, -0.2) is 37.1 Å². The van der Waals surface area contributed by atoms with Crippen molar-refractivity contribution in [3.63, 3.8) is 0 Å². The highest BCUT2D eigenvalue weighted by Gasteiger charge is 2.27. The summed E-state index contributed by atoms with van der Waals surface area (Å²) in [6.07, 6.45) is 6.47. The molecule has 21 heavy (non-hydrogen) atoms. The Morgan fingerprint density at radius 3 is 2.90 bits per heavy atom. The van der Waals surface area contributed by atoms with Gasteiger partial charge in [-0.25, -0.2) is 0 Å². The lowest BCUT2D eigenvalue weighted by atomic mass is 9.95. The molecule has 0 unspecified atom stereocenters. The Morgan fingerprint density at radius 2 is 2.14 bits per heavy atom. The second kappa shape index (κ2) is 8.18. The first-order chi connectivity index (χ1) is 10.3. The number of hydrogen-bond acceptors (Lipinski definition) is 2. The topological polar surface area (TPSA) is 29.5 Å². The number of amides is 1. The maximum atomic E-state index is 12.9. The quantitative estimate of drug-likeness (QED) is 0.748. The third kappa shape index (κ3) is 4.07. The lowest BCUT2D eigenvalue weighted by Gasteiger charge is -2.36. The van der Waals surface area contributed by atoms with Crippen LogP contribution < -0.4 is 0 Å². The molecule has 1 heterocycles. The van der Waals surface area contributed by atoms with Crippen molar-refractivity contribution in [3.8, 4) is 0 Å². The number of hydrogen-bond donors (Lipinski definition) is 0. The fourth-order valence-corrected chi connectivity index (χ4v) is 3.22. The van der Waals surface area contributed by atoms with E-state index in [9.17, 15) is 4.79 Å². The minimum Gasteiger partial charge on any atom is -0.385 e. The molecule has 0 saturated carbocycles. The van der Waals surface area contributed by atoms with E-state index in [4.69, 9.17) is 4.74 Å². The molecule has 0 aromatic heterocycles. The Labute approximate surface area is 128 Å². The monoisotopic (exact) mass is 289 g/mol. The van der Waals surface area contributed by atoms with Crippen molar-refractivity contribution < 1.29 is 9.53 Å². The van der Waals surface area contributed by atoms with Gasteiger partial charge in [-0.15, -0.1) is 0 Å². The van der Waals surface area contributed by atoms with Crippen LogP contribution >= 0.6 is 0 Å². The Bertz CT molecular complexity index is 458. The number of carbonyl (C=O) groups excluding carboxylic acids is 1. The van der Waals surface area contributed by atoms with Crippen molar-refractivity contribution in [2.24, 2.45) is 0 Å². The normalized spacial score (nSPS) is 18.8. The maximum absolute atomic E-state index is 12.9. The van der Waals surface area contributed by atoms with Gasteiger partial charge in [0.05, 0.1) is 0 Å². The molecule has 1 atom stereocenters. The van der Waals surface area contributed by atoms with Gasteiger partial charge >= 0.3 is 0 Å². The molecule has 1 saturated heterocycles. The Kier molecular flexibility index (Phi) is 6.24. The van der Waals surface area contributed by atoms with E-state index >= 15 is 0 Å². The molecule has 0 N–H and O–H groups in total. The molecule has 1 aromatic carbocycles. The third-order valence-electron chi connectivity index (χ3n) is 4.40. The highest BCUT2D eigenvalue weighted by Crippen LogP contribution is 2.24. The highest BCUT2D eigenvalue weighted by molar-refractivity contribution is 5.96. The molecule has 0 aliphatic carbocycles. The zero-order valence-corrected chi connectivity index (χ0v) is 13.3. The zero-order chi connectivity index (χ0) is 15.1.